The van der Waals surface area contributed by atoms with Gasteiger partial charge in [0.05, 0.1) is 5.02 Å². The first-order valence-electron chi connectivity index (χ1n) is 8.54. The Bertz CT molecular complexity index is 1080. The lowest BCUT2D eigenvalue weighted by molar-refractivity contribution is -0.0497. The monoisotopic (exact) mass is 434 g/mol. The average Bonchev–Trinajstić information content (AvgIpc) is 2.70. The van der Waals surface area contributed by atoms with Gasteiger partial charge in [0, 0.05) is 22.5 Å². The Morgan fingerprint density at radius 1 is 0.833 bits per heavy atom. The van der Waals surface area contributed by atoms with Gasteiger partial charge in [0.25, 0.3) is 11.8 Å². The number of hydrogen-bond acceptors (Lipinski definition) is 3. The molecule has 0 aliphatic carbocycles. The molecule has 3 aromatic rings. The number of ether oxygens (including phenoxy) is 1. The summed E-state index contributed by atoms with van der Waals surface area (Å²) in [4.78, 5) is 24.7. The zero-order valence-electron chi connectivity index (χ0n) is 15.2. The summed E-state index contributed by atoms with van der Waals surface area (Å²) in [6.45, 7) is -3.02. The third-order valence-corrected chi connectivity index (χ3v) is 4.19. The number of alkyl halides is 2. The fraction of sp³-hybridized carbons (Fsp3) is 0.0476. The Hall–Kier alpha value is -3.52. The second-order valence-corrected chi connectivity index (χ2v) is 6.43. The van der Waals surface area contributed by atoms with Crippen LogP contribution >= 0.6 is 11.6 Å². The van der Waals surface area contributed by atoms with Crippen molar-refractivity contribution >= 4 is 34.8 Å². The molecular formula is C21H14ClF3N2O3. The van der Waals surface area contributed by atoms with E-state index in [1.165, 1.54) is 54.6 Å². The smallest absolute Gasteiger partial charge is 0.387 e. The van der Waals surface area contributed by atoms with Crippen molar-refractivity contribution < 1.29 is 27.5 Å². The molecule has 0 atom stereocenters. The lowest BCUT2D eigenvalue weighted by Crippen LogP contribution is -2.14. The van der Waals surface area contributed by atoms with Crippen molar-refractivity contribution in [3.63, 3.8) is 0 Å². The maximum absolute atomic E-state index is 13.0. The third-order valence-electron chi connectivity index (χ3n) is 3.89. The van der Waals surface area contributed by atoms with Gasteiger partial charge in [-0.3, -0.25) is 9.59 Å². The summed E-state index contributed by atoms with van der Waals surface area (Å²) in [6.07, 6.45) is 0. The highest BCUT2D eigenvalue weighted by molar-refractivity contribution is 6.32. The summed E-state index contributed by atoms with van der Waals surface area (Å²) >= 11 is 5.87. The summed E-state index contributed by atoms with van der Waals surface area (Å²) in [6, 6.07) is 15.0. The summed E-state index contributed by atoms with van der Waals surface area (Å²) in [5, 5.41) is 5.11. The second kappa shape index (κ2) is 9.32. The summed E-state index contributed by atoms with van der Waals surface area (Å²) in [5.41, 5.74) is 1.12. The average molecular weight is 435 g/mol. The molecule has 2 amide bonds. The zero-order valence-corrected chi connectivity index (χ0v) is 15.9. The van der Waals surface area contributed by atoms with Crippen molar-refractivity contribution in [1.29, 1.82) is 0 Å². The number of benzene rings is 3. The normalized spacial score (nSPS) is 10.6. The third kappa shape index (κ3) is 5.51. The van der Waals surface area contributed by atoms with E-state index in [9.17, 15) is 22.8 Å². The number of carbonyl (C=O) groups excluding carboxylic acids is 2. The molecule has 2 N–H and O–H groups in total. The zero-order chi connectivity index (χ0) is 21.7. The number of anilines is 2. The molecule has 30 heavy (non-hydrogen) atoms. The first-order chi connectivity index (χ1) is 14.3. The number of hydrogen-bond donors (Lipinski definition) is 2. The van der Waals surface area contributed by atoms with Crippen molar-refractivity contribution in [3.8, 4) is 5.75 Å². The SMILES string of the molecule is O=C(Nc1cccc(C(=O)Nc2ccc(OC(F)F)c(Cl)c2)c1)c1ccc(F)cc1. The van der Waals surface area contributed by atoms with Crippen LogP contribution in [0.25, 0.3) is 0 Å². The first kappa shape index (κ1) is 21.2. The second-order valence-electron chi connectivity index (χ2n) is 6.02. The van der Waals surface area contributed by atoms with Crippen LogP contribution in [0.5, 0.6) is 5.75 Å². The number of carbonyl (C=O) groups is 2. The van der Waals surface area contributed by atoms with Crippen LogP contribution in [0.3, 0.4) is 0 Å². The van der Waals surface area contributed by atoms with Crippen LogP contribution in [-0.2, 0) is 0 Å². The van der Waals surface area contributed by atoms with Gasteiger partial charge in [0.1, 0.15) is 11.6 Å². The van der Waals surface area contributed by atoms with E-state index in [2.05, 4.69) is 15.4 Å². The molecule has 0 radical (unpaired) electrons. The molecule has 0 aromatic heterocycles. The van der Waals surface area contributed by atoms with Crippen molar-refractivity contribution in [2.45, 2.75) is 6.61 Å². The van der Waals surface area contributed by atoms with Crippen LogP contribution in [0.15, 0.2) is 66.7 Å². The molecule has 0 saturated heterocycles. The van der Waals surface area contributed by atoms with E-state index < -0.39 is 24.2 Å². The highest BCUT2D eigenvalue weighted by Gasteiger charge is 2.12. The molecule has 0 fully saturated rings. The molecule has 154 valence electrons. The van der Waals surface area contributed by atoms with Gasteiger partial charge in [-0.2, -0.15) is 8.78 Å². The van der Waals surface area contributed by atoms with Gasteiger partial charge < -0.3 is 15.4 Å². The van der Waals surface area contributed by atoms with Gasteiger partial charge in [-0.15, -0.1) is 0 Å². The fourth-order valence-electron chi connectivity index (χ4n) is 2.52. The molecule has 0 heterocycles. The highest BCUT2D eigenvalue weighted by Crippen LogP contribution is 2.29. The maximum Gasteiger partial charge on any atom is 0.387 e. The molecular weight excluding hydrogens is 421 g/mol. The Balaban J connectivity index is 1.69. The van der Waals surface area contributed by atoms with E-state index in [-0.39, 0.29) is 27.6 Å². The minimum absolute atomic E-state index is 0.0894. The van der Waals surface area contributed by atoms with E-state index in [0.29, 0.717) is 5.69 Å². The van der Waals surface area contributed by atoms with Crippen molar-refractivity contribution in [2.24, 2.45) is 0 Å². The van der Waals surface area contributed by atoms with Crippen molar-refractivity contribution in [2.75, 3.05) is 10.6 Å². The summed E-state index contributed by atoms with van der Waals surface area (Å²) < 4.78 is 41.8. The standard InChI is InChI=1S/C21H14ClF3N2O3/c22-17-11-16(8-9-18(17)30-21(24)25)27-20(29)13-2-1-3-15(10-13)26-19(28)12-4-6-14(23)7-5-12/h1-11,21H,(H,26,28)(H,27,29). The number of nitrogens with one attached hydrogen (secondary N) is 2. The van der Waals surface area contributed by atoms with Crippen LogP contribution in [-0.4, -0.2) is 18.4 Å². The molecule has 0 aliphatic rings. The number of halogens is 4. The predicted molar refractivity (Wildman–Crippen MR) is 107 cm³/mol. The van der Waals surface area contributed by atoms with Crippen LogP contribution in [0.4, 0.5) is 24.5 Å². The van der Waals surface area contributed by atoms with Gasteiger partial charge in [-0.05, 0) is 60.7 Å². The Morgan fingerprint density at radius 2 is 1.47 bits per heavy atom. The molecule has 3 aromatic carbocycles. The number of amides is 2. The highest BCUT2D eigenvalue weighted by atomic mass is 35.5. The number of rotatable bonds is 6. The van der Waals surface area contributed by atoms with Crippen molar-refractivity contribution in [1.82, 2.24) is 0 Å². The van der Waals surface area contributed by atoms with Crippen molar-refractivity contribution in [3.05, 3.63) is 88.7 Å². The molecule has 5 nitrogen and oxygen atoms in total. The van der Waals surface area contributed by atoms with Gasteiger partial charge in [-0.25, -0.2) is 4.39 Å². The summed E-state index contributed by atoms with van der Waals surface area (Å²) in [7, 11) is 0. The van der Waals surface area contributed by atoms with E-state index in [1.807, 2.05) is 0 Å². The topological polar surface area (TPSA) is 67.4 Å². The minimum atomic E-state index is -3.02. The Morgan fingerprint density at radius 3 is 2.10 bits per heavy atom. The molecule has 0 aliphatic heterocycles. The molecule has 3 rings (SSSR count). The van der Waals surface area contributed by atoms with Crippen LogP contribution in [0.1, 0.15) is 20.7 Å². The lowest BCUT2D eigenvalue weighted by Gasteiger charge is -2.11. The minimum Gasteiger partial charge on any atom is -0.433 e. The van der Waals surface area contributed by atoms with E-state index >= 15 is 0 Å². The summed E-state index contributed by atoms with van der Waals surface area (Å²) in [5.74, 6) is -1.64. The quantitative estimate of drug-likeness (QED) is 0.532. The fourth-order valence-corrected chi connectivity index (χ4v) is 2.74. The van der Waals surface area contributed by atoms with Crippen LogP contribution in [0, 0.1) is 5.82 Å². The Labute approximate surface area is 174 Å². The van der Waals surface area contributed by atoms with E-state index in [4.69, 9.17) is 11.6 Å². The molecule has 0 saturated carbocycles. The first-order valence-corrected chi connectivity index (χ1v) is 8.92. The van der Waals surface area contributed by atoms with E-state index in [0.717, 1.165) is 0 Å². The molecule has 0 spiro atoms. The molecule has 0 bridgehead atoms. The molecule has 0 unspecified atom stereocenters. The lowest BCUT2D eigenvalue weighted by atomic mass is 10.1. The maximum atomic E-state index is 13.0. The van der Waals surface area contributed by atoms with Gasteiger partial charge >= 0.3 is 6.61 Å². The van der Waals surface area contributed by atoms with Gasteiger partial charge in [-0.1, -0.05) is 17.7 Å². The molecule has 9 heteroatoms. The van der Waals surface area contributed by atoms with E-state index in [1.54, 1.807) is 12.1 Å². The Kier molecular flexibility index (Phi) is 6.58. The largest absolute Gasteiger partial charge is 0.433 e. The van der Waals surface area contributed by atoms with Gasteiger partial charge in [0.2, 0.25) is 0 Å². The van der Waals surface area contributed by atoms with Crippen LogP contribution in [0.2, 0.25) is 5.02 Å². The van der Waals surface area contributed by atoms with Gasteiger partial charge in [0.15, 0.2) is 0 Å². The van der Waals surface area contributed by atoms with Crippen LogP contribution < -0.4 is 15.4 Å². The predicted octanol–water partition coefficient (Wildman–Crippen LogP) is 5.59.